The van der Waals surface area contributed by atoms with Crippen molar-refractivity contribution in [3.8, 4) is 0 Å². The minimum absolute atomic E-state index is 0.0183. The predicted octanol–water partition coefficient (Wildman–Crippen LogP) is 11.0. The Morgan fingerprint density at radius 1 is 0.833 bits per heavy atom. The third kappa shape index (κ3) is 10.9. The van der Waals surface area contributed by atoms with Crippen LogP contribution in [0.15, 0.2) is 122 Å². The molecule has 1 aliphatic heterocycles. The third-order valence-corrected chi connectivity index (χ3v) is 11.9. The zero-order chi connectivity index (χ0) is 42.4. The van der Waals surface area contributed by atoms with E-state index < -0.39 is 6.03 Å². The van der Waals surface area contributed by atoms with E-state index in [0.717, 1.165) is 36.8 Å². The lowest BCUT2D eigenvalue weighted by molar-refractivity contribution is -0.143. The Morgan fingerprint density at radius 2 is 1.58 bits per heavy atom. The van der Waals surface area contributed by atoms with Gasteiger partial charge in [-0.25, -0.2) is 4.79 Å². The van der Waals surface area contributed by atoms with Crippen LogP contribution in [-0.2, 0) is 16.0 Å². The summed E-state index contributed by atoms with van der Waals surface area (Å²) in [5, 5.41) is 3.72. The summed E-state index contributed by atoms with van der Waals surface area (Å²) in [5.74, 6) is -0.881. The maximum absolute atomic E-state index is 13.8. The SMILES string of the molecule is C=CCCc1ccc(C(CCCC(=O)OCCCC)CC(SC(=O)c2ccccc2)c2cccc(NC(=O)NNc3ccc4c5c(cccc35)C(=O)N(CC)C4=O)c2)cc1. The van der Waals surface area contributed by atoms with Gasteiger partial charge in [-0.15, -0.1) is 6.58 Å². The van der Waals surface area contributed by atoms with E-state index in [1.54, 1.807) is 43.3 Å². The van der Waals surface area contributed by atoms with Crippen LogP contribution in [0.1, 0.15) is 118 Å². The summed E-state index contributed by atoms with van der Waals surface area (Å²) in [6.07, 6.45) is 7.75. The average Bonchev–Trinajstić information content (AvgIpc) is 3.27. The Labute approximate surface area is 356 Å². The maximum Gasteiger partial charge on any atom is 0.337 e. The highest BCUT2D eigenvalue weighted by Crippen LogP contribution is 2.42. The molecule has 6 rings (SSSR count). The second-order valence-corrected chi connectivity index (χ2v) is 16.0. The molecule has 310 valence electrons. The molecule has 0 aliphatic carbocycles. The molecule has 1 heterocycles. The maximum atomic E-state index is 13.8. The highest BCUT2D eigenvalue weighted by Gasteiger charge is 2.32. The van der Waals surface area contributed by atoms with Gasteiger partial charge in [0.1, 0.15) is 0 Å². The van der Waals surface area contributed by atoms with Crippen molar-refractivity contribution < 1.29 is 28.7 Å². The molecular weight excluding hydrogens is 773 g/mol. The van der Waals surface area contributed by atoms with Crippen molar-refractivity contribution in [2.45, 2.75) is 76.4 Å². The van der Waals surface area contributed by atoms with E-state index in [-0.39, 0.29) is 40.6 Å². The Bertz CT molecular complexity index is 2310. The van der Waals surface area contributed by atoms with Crippen LogP contribution >= 0.6 is 11.8 Å². The lowest BCUT2D eigenvalue weighted by atomic mass is 9.87. The number of hydrogen-bond acceptors (Lipinski definition) is 8. The minimum atomic E-state index is -0.540. The predicted molar refractivity (Wildman–Crippen MR) is 240 cm³/mol. The quantitative estimate of drug-likeness (QED) is 0.0232. The topological polar surface area (TPSA) is 134 Å². The number of urea groups is 1. The van der Waals surface area contributed by atoms with Crippen molar-refractivity contribution in [3.63, 3.8) is 0 Å². The molecule has 5 aromatic carbocycles. The van der Waals surface area contributed by atoms with Gasteiger partial charge in [-0.05, 0) is 98.4 Å². The average molecular weight is 825 g/mol. The van der Waals surface area contributed by atoms with Gasteiger partial charge in [0.15, 0.2) is 0 Å². The van der Waals surface area contributed by atoms with Gasteiger partial charge < -0.3 is 10.1 Å². The Kier molecular flexibility index (Phi) is 15.3. The minimum Gasteiger partial charge on any atom is -0.466 e. The summed E-state index contributed by atoms with van der Waals surface area (Å²) in [5.41, 5.74) is 11.4. The van der Waals surface area contributed by atoms with Crippen LogP contribution in [0.25, 0.3) is 10.8 Å². The fourth-order valence-corrected chi connectivity index (χ4v) is 8.61. The molecule has 5 aromatic rings. The number of benzene rings is 5. The van der Waals surface area contributed by atoms with Crippen molar-refractivity contribution >= 4 is 62.8 Å². The molecule has 0 radical (unpaired) electrons. The zero-order valence-electron chi connectivity index (χ0n) is 34.2. The monoisotopic (exact) mass is 824 g/mol. The molecule has 0 fully saturated rings. The normalized spacial score (nSPS) is 13.1. The van der Waals surface area contributed by atoms with Crippen LogP contribution in [0, 0.1) is 0 Å². The smallest absolute Gasteiger partial charge is 0.337 e. The molecule has 4 amide bonds. The first-order valence-electron chi connectivity index (χ1n) is 20.7. The number of ether oxygens (including phenoxy) is 1. The number of aryl methyl sites for hydroxylation is 1. The van der Waals surface area contributed by atoms with Crippen LogP contribution in [0.2, 0.25) is 0 Å². The second kappa shape index (κ2) is 21.2. The molecule has 2 unspecified atom stereocenters. The molecule has 3 N–H and O–H groups in total. The van der Waals surface area contributed by atoms with Crippen molar-refractivity contribution in [2.75, 3.05) is 23.9 Å². The lowest BCUT2D eigenvalue weighted by Crippen LogP contribution is -2.40. The summed E-state index contributed by atoms with van der Waals surface area (Å²) in [6, 6.07) is 33.4. The van der Waals surface area contributed by atoms with Gasteiger partial charge in [0.2, 0.25) is 5.12 Å². The van der Waals surface area contributed by atoms with Gasteiger partial charge in [-0.3, -0.25) is 34.9 Å². The van der Waals surface area contributed by atoms with Crippen LogP contribution in [-0.4, -0.2) is 47.0 Å². The summed E-state index contributed by atoms with van der Waals surface area (Å²) in [6.45, 7) is 8.37. The Balaban J connectivity index is 1.21. The number of nitrogens with zero attached hydrogens (tertiary/aromatic N) is 1. The molecule has 0 bridgehead atoms. The van der Waals surface area contributed by atoms with Gasteiger partial charge >= 0.3 is 12.0 Å². The Morgan fingerprint density at radius 3 is 2.32 bits per heavy atom. The van der Waals surface area contributed by atoms with Crippen LogP contribution < -0.4 is 16.2 Å². The number of hydrogen-bond donors (Lipinski definition) is 3. The summed E-state index contributed by atoms with van der Waals surface area (Å²) in [4.78, 5) is 67.1. The lowest BCUT2D eigenvalue weighted by Gasteiger charge is -2.26. The standard InChI is InChI=1S/C49H52N4O6S/c1-4-7-15-33-24-26-34(27-25-33)36(18-13-23-44(54)59-30-8-5-2)32-43(60-48(57)35-16-10-9-11-17-35)37-19-12-20-38(31-37)50-49(58)52-51-42-29-28-41-45-39(42)21-14-22-40(45)46(55)53(6-3)47(41)56/h4,9-12,14,16-17,19-22,24-29,31,36,43,51H,1,5-8,13,15,18,23,30,32H2,2-3H3,(H2,50,52,58). The number of thioether (sulfide) groups is 1. The molecule has 0 aromatic heterocycles. The fraction of sp³-hybridized carbons (Fsp3) is 0.286. The molecule has 10 nitrogen and oxygen atoms in total. The van der Waals surface area contributed by atoms with Gasteiger partial charge in [0, 0.05) is 51.4 Å². The van der Waals surface area contributed by atoms with E-state index in [4.69, 9.17) is 4.74 Å². The third-order valence-electron chi connectivity index (χ3n) is 10.7. The van der Waals surface area contributed by atoms with E-state index >= 15 is 0 Å². The van der Waals surface area contributed by atoms with E-state index in [9.17, 15) is 24.0 Å². The van der Waals surface area contributed by atoms with Crippen LogP contribution in [0.4, 0.5) is 16.2 Å². The first-order chi connectivity index (χ1) is 29.2. The molecule has 0 saturated heterocycles. The van der Waals surface area contributed by atoms with Crippen molar-refractivity contribution in [2.24, 2.45) is 0 Å². The number of rotatable bonds is 20. The zero-order valence-corrected chi connectivity index (χ0v) is 35.0. The van der Waals surface area contributed by atoms with E-state index in [0.29, 0.717) is 71.1 Å². The number of anilines is 2. The van der Waals surface area contributed by atoms with E-state index in [1.165, 1.54) is 22.2 Å². The number of unbranched alkanes of at least 4 members (excludes halogenated alkanes) is 1. The van der Waals surface area contributed by atoms with Crippen LogP contribution in [0.5, 0.6) is 0 Å². The molecule has 2 atom stereocenters. The number of carbonyl (C=O) groups is 5. The second-order valence-electron chi connectivity index (χ2n) is 14.8. The highest BCUT2D eigenvalue weighted by atomic mass is 32.2. The van der Waals surface area contributed by atoms with Crippen molar-refractivity contribution in [3.05, 3.63) is 155 Å². The molecular formula is C49H52N4O6S. The van der Waals surface area contributed by atoms with Gasteiger partial charge in [0.25, 0.3) is 11.8 Å². The first kappa shape index (κ1) is 43.4. The van der Waals surface area contributed by atoms with Crippen LogP contribution in [0.3, 0.4) is 0 Å². The highest BCUT2D eigenvalue weighted by molar-refractivity contribution is 8.14. The molecule has 0 spiro atoms. The molecule has 1 aliphatic rings. The Hall–Kier alpha value is -6.20. The molecule has 60 heavy (non-hydrogen) atoms. The molecule has 0 saturated carbocycles. The van der Waals surface area contributed by atoms with E-state index in [2.05, 4.69) is 53.9 Å². The number of imide groups is 1. The van der Waals surface area contributed by atoms with Gasteiger partial charge in [0.05, 0.1) is 12.3 Å². The van der Waals surface area contributed by atoms with Gasteiger partial charge in [-0.2, -0.15) is 0 Å². The van der Waals surface area contributed by atoms with Crippen molar-refractivity contribution in [1.29, 1.82) is 0 Å². The number of amides is 4. The van der Waals surface area contributed by atoms with Crippen molar-refractivity contribution in [1.82, 2.24) is 10.3 Å². The summed E-state index contributed by atoms with van der Waals surface area (Å²) < 4.78 is 5.45. The summed E-state index contributed by atoms with van der Waals surface area (Å²) in [7, 11) is 0. The largest absolute Gasteiger partial charge is 0.466 e. The number of carbonyl (C=O) groups excluding carboxylic acids is 5. The number of allylic oxidation sites excluding steroid dienone is 1. The number of hydrazine groups is 1. The van der Waals surface area contributed by atoms with E-state index in [1.807, 2.05) is 54.6 Å². The first-order valence-corrected chi connectivity index (χ1v) is 21.5. The molecule has 11 heteroatoms. The van der Waals surface area contributed by atoms with Gasteiger partial charge in [-0.1, -0.05) is 110 Å². The number of nitrogens with one attached hydrogen (secondary N) is 3. The number of esters is 1. The fourth-order valence-electron chi connectivity index (χ4n) is 7.47. The summed E-state index contributed by atoms with van der Waals surface area (Å²) >= 11 is 1.26.